The average molecular weight is 351 g/mol. The fourth-order valence-electron chi connectivity index (χ4n) is 2.66. The van der Waals surface area contributed by atoms with E-state index < -0.39 is 10.0 Å². The second-order valence-electron chi connectivity index (χ2n) is 6.08. The summed E-state index contributed by atoms with van der Waals surface area (Å²) >= 11 is 0. The molecule has 0 bridgehead atoms. The Balaban J connectivity index is 2.08. The zero-order valence-electron chi connectivity index (χ0n) is 14.4. The molecule has 0 spiro atoms. The number of sulfonamides is 1. The van der Waals surface area contributed by atoms with Gasteiger partial charge in [0.2, 0.25) is 0 Å². The fraction of sp³-hybridized carbons (Fsp3) is 0.143. The first-order chi connectivity index (χ1) is 12.0. The van der Waals surface area contributed by atoms with E-state index in [4.69, 9.17) is 0 Å². The van der Waals surface area contributed by atoms with E-state index in [0.717, 1.165) is 16.7 Å². The largest absolute Gasteiger partial charge is 0.264 e. The van der Waals surface area contributed by atoms with Gasteiger partial charge in [-0.1, -0.05) is 54.6 Å². The molecule has 0 N–H and O–H groups in total. The van der Waals surface area contributed by atoms with Crippen LogP contribution in [0.15, 0.2) is 83.8 Å². The summed E-state index contributed by atoms with van der Waals surface area (Å²) in [6, 6.07) is 24.1. The van der Waals surface area contributed by atoms with Gasteiger partial charge in [-0.15, -0.1) is 0 Å². The number of hydrogen-bond donors (Lipinski definition) is 0. The maximum Gasteiger partial charge on any atom is 0.264 e. The van der Waals surface area contributed by atoms with Crippen molar-refractivity contribution in [3.05, 3.63) is 95.6 Å². The molecule has 0 aromatic heterocycles. The SMILES string of the molecule is Cc1ccc(S(=O)(=O)N(Cc2ccccc2)c2ccccc2)cc1C. The van der Waals surface area contributed by atoms with Gasteiger partial charge < -0.3 is 0 Å². The number of hydrogen-bond acceptors (Lipinski definition) is 2. The number of rotatable bonds is 5. The summed E-state index contributed by atoms with van der Waals surface area (Å²) in [7, 11) is -3.66. The second-order valence-corrected chi connectivity index (χ2v) is 7.94. The Morgan fingerprint density at radius 1 is 0.760 bits per heavy atom. The lowest BCUT2D eigenvalue weighted by atomic mass is 10.1. The highest BCUT2D eigenvalue weighted by atomic mass is 32.2. The molecule has 0 amide bonds. The molecule has 0 unspecified atom stereocenters. The lowest BCUT2D eigenvalue weighted by Gasteiger charge is -2.25. The van der Waals surface area contributed by atoms with Gasteiger partial charge in [0.15, 0.2) is 0 Å². The van der Waals surface area contributed by atoms with Gasteiger partial charge in [-0.05, 0) is 54.8 Å². The van der Waals surface area contributed by atoms with Crippen molar-refractivity contribution in [3.63, 3.8) is 0 Å². The first-order valence-electron chi connectivity index (χ1n) is 8.17. The van der Waals surface area contributed by atoms with E-state index in [2.05, 4.69) is 0 Å². The highest BCUT2D eigenvalue weighted by molar-refractivity contribution is 7.92. The van der Waals surface area contributed by atoms with Crippen LogP contribution < -0.4 is 4.31 Å². The first kappa shape index (κ1) is 17.2. The van der Waals surface area contributed by atoms with Crippen LogP contribution in [0, 0.1) is 13.8 Å². The highest BCUT2D eigenvalue weighted by Gasteiger charge is 2.25. The van der Waals surface area contributed by atoms with Gasteiger partial charge in [0.25, 0.3) is 10.0 Å². The summed E-state index contributed by atoms with van der Waals surface area (Å²) in [6.45, 7) is 4.20. The first-order valence-corrected chi connectivity index (χ1v) is 9.61. The van der Waals surface area contributed by atoms with E-state index >= 15 is 0 Å². The number of benzene rings is 3. The third-order valence-electron chi connectivity index (χ3n) is 4.28. The van der Waals surface area contributed by atoms with Crippen LogP contribution in [0.2, 0.25) is 0 Å². The van der Waals surface area contributed by atoms with Crippen LogP contribution in [0.1, 0.15) is 16.7 Å². The Labute approximate surface area is 149 Å². The summed E-state index contributed by atoms with van der Waals surface area (Å²) in [5.74, 6) is 0. The smallest absolute Gasteiger partial charge is 0.262 e. The van der Waals surface area contributed by atoms with Crippen molar-refractivity contribution >= 4 is 15.7 Å². The molecule has 4 heteroatoms. The van der Waals surface area contributed by atoms with Crippen molar-refractivity contribution < 1.29 is 8.42 Å². The molecule has 0 saturated carbocycles. The van der Waals surface area contributed by atoms with Crippen molar-refractivity contribution in [2.24, 2.45) is 0 Å². The molecule has 3 rings (SSSR count). The summed E-state index contributed by atoms with van der Waals surface area (Å²) in [4.78, 5) is 0.315. The van der Waals surface area contributed by atoms with Crippen LogP contribution >= 0.6 is 0 Å². The number of anilines is 1. The molecule has 3 aromatic carbocycles. The molecular formula is C21H21NO2S. The lowest BCUT2D eigenvalue weighted by molar-refractivity contribution is 0.590. The monoisotopic (exact) mass is 351 g/mol. The Bertz CT molecular complexity index is 952. The van der Waals surface area contributed by atoms with Crippen molar-refractivity contribution in [3.8, 4) is 0 Å². The normalized spacial score (nSPS) is 11.3. The Kier molecular flexibility index (Phi) is 4.91. The van der Waals surface area contributed by atoms with Gasteiger partial charge in [-0.2, -0.15) is 0 Å². The molecule has 0 radical (unpaired) electrons. The molecule has 3 aromatic rings. The van der Waals surface area contributed by atoms with E-state index in [-0.39, 0.29) is 0 Å². The molecule has 25 heavy (non-hydrogen) atoms. The molecule has 0 fully saturated rings. The molecule has 0 aliphatic rings. The maximum atomic E-state index is 13.3. The summed E-state index contributed by atoms with van der Waals surface area (Å²) < 4.78 is 28.1. The van der Waals surface area contributed by atoms with Crippen molar-refractivity contribution in [2.75, 3.05) is 4.31 Å². The zero-order chi connectivity index (χ0) is 17.9. The molecule has 0 aliphatic heterocycles. The predicted molar refractivity (Wildman–Crippen MR) is 102 cm³/mol. The Morgan fingerprint density at radius 2 is 1.36 bits per heavy atom. The van der Waals surface area contributed by atoms with Gasteiger partial charge in [-0.25, -0.2) is 8.42 Å². The number of nitrogens with zero attached hydrogens (tertiary/aromatic N) is 1. The van der Waals surface area contributed by atoms with Crippen molar-refractivity contribution in [1.29, 1.82) is 0 Å². The fourth-order valence-corrected chi connectivity index (χ4v) is 4.20. The lowest BCUT2D eigenvalue weighted by Crippen LogP contribution is -2.30. The Morgan fingerprint density at radius 3 is 1.96 bits per heavy atom. The minimum absolute atomic E-state index is 0.292. The van der Waals surface area contributed by atoms with E-state index in [0.29, 0.717) is 17.1 Å². The van der Waals surface area contributed by atoms with Crippen molar-refractivity contribution in [1.82, 2.24) is 0 Å². The van der Waals surface area contributed by atoms with Crippen LogP contribution in [-0.4, -0.2) is 8.42 Å². The van der Waals surface area contributed by atoms with Gasteiger partial charge in [0, 0.05) is 0 Å². The molecular weight excluding hydrogens is 330 g/mol. The molecule has 0 aliphatic carbocycles. The van der Waals surface area contributed by atoms with E-state index in [1.54, 1.807) is 12.1 Å². The van der Waals surface area contributed by atoms with Crippen LogP contribution in [0.25, 0.3) is 0 Å². The number of para-hydroxylation sites is 1. The number of aryl methyl sites for hydroxylation is 2. The van der Waals surface area contributed by atoms with Gasteiger partial charge in [-0.3, -0.25) is 4.31 Å². The third-order valence-corrected chi connectivity index (χ3v) is 6.05. The van der Waals surface area contributed by atoms with Gasteiger partial charge in [0.1, 0.15) is 0 Å². The van der Waals surface area contributed by atoms with Gasteiger partial charge >= 0.3 is 0 Å². The van der Waals surface area contributed by atoms with E-state index in [1.807, 2.05) is 80.6 Å². The van der Waals surface area contributed by atoms with Crippen LogP contribution in [0.3, 0.4) is 0 Å². The highest BCUT2D eigenvalue weighted by Crippen LogP contribution is 2.26. The molecule has 0 atom stereocenters. The Hall–Kier alpha value is -2.59. The topological polar surface area (TPSA) is 37.4 Å². The summed E-state index contributed by atoms with van der Waals surface area (Å²) in [6.07, 6.45) is 0. The molecule has 3 nitrogen and oxygen atoms in total. The van der Waals surface area contributed by atoms with E-state index in [1.165, 1.54) is 4.31 Å². The zero-order valence-corrected chi connectivity index (χ0v) is 15.2. The molecule has 0 heterocycles. The minimum atomic E-state index is -3.66. The standard InChI is InChI=1S/C21H21NO2S/c1-17-13-14-21(15-18(17)2)25(23,24)22(20-11-7-4-8-12-20)16-19-9-5-3-6-10-19/h3-15H,16H2,1-2H3. The predicted octanol–water partition coefficient (Wildman–Crippen LogP) is 4.70. The van der Waals surface area contributed by atoms with Gasteiger partial charge in [0.05, 0.1) is 17.1 Å². The average Bonchev–Trinajstić information content (AvgIpc) is 2.63. The summed E-state index contributed by atoms with van der Waals surface area (Å²) in [5.41, 5.74) is 3.64. The maximum absolute atomic E-state index is 13.3. The van der Waals surface area contributed by atoms with E-state index in [9.17, 15) is 8.42 Å². The van der Waals surface area contributed by atoms with Crippen molar-refractivity contribution in [2.45, 2.75) is 25.3 Å². The summed E-state index contributed by atoms with van der Waals surface area (Å²) in [5, 5.41) is 0. The quantitative estimate of drug-likeness (QED) is 0.668. The third kappa shape index (κ3) is 3.74. The minimum Gasteiger partial charge on any atom is -0.262 e. The van der Waals surface area contributed by atoms with Crippen LogP contribution in [-0.2, 0) is 16.6 Å². The molecule has 128 valence electrons. The molecule has 0 saturated heterocycles. The van der Waals surface area contributed by atoms with Crippen LogP contribution in [0.5, 0.6) is 0 Å². The van der Waals surface area contributed by atoms with Crippen LogP contribution in [0.4, 0.5) is 5.69 Å². The second kappa shape index (κ2) is 7.11.